The summed E-state index contributed by atoms with van der Waals surface area (Å²) in [6.45, 7) is -0.381. The van der Waals surface area contributed by atoms with Crippen LogP contribution in [0.25, 0.3) is 0 Å². The van der Waals surface area contributed by atoms with Gasteiger partial charge < -0.3 is 15.8 Å². The van der Waals surface area contributed by atoms with Gasteiger partial charge in [-0.2, -0.15) is 4.31 Å². The minimum Gasteiger partial charge on any atom is -0.465 e. The molecular weight excluding hydrogens is 298 g/mol. The number of nitrogens with zero attached hydrogens (tertiary/aromatic N) is 1. The number of esters is 1. The maximum Gasteiger partial charge on any atom is 0.339 e. The van der Waals surface area contributed by atoms with E-state index >= 15 is 0 Å². The molecule has 1 aromatic carbocycles. The SMILES string of the molecule is CNC(=O)CN(C)S(=O)(=O)c1cc(N)ccc1C(=O)OC. The van der Waals surface area contributed by atoms with E-state index in [2.05, 4.69) is 10.1 Å². The number of likely N-dealkylation sites (N-methyl/N-ethyl adjacent to an activating group) is 2. The Morgan fingerprint density at radius 1 is 1.38 bits per heavy atom. The van der Waals surface area contributed by atoms with Gasteiger partial charge in [0, 0.05) is 19.8 Å². The largest absolute Gasteiger partial charge is 0.465 e. The standard InChI is InChI=1S/C12H17N3O5S/c1-14-11(16)7-15(2)21(18,19)10-6-8(13)4-5-9(10)12(17)20-3/h4-6H,7,13H2,1-3H3,(H,14,16). The van der Waals surface area contributed by atoms with Crippen molar-refractivity contribution in [2.45, 2.75) is 4.90 Å². The molecule has 1 aromatic rings. The van der Waals surface area contributed by atoms with E-state index in [0.717, 1.165) is 17.5 Å². The third kappa shape index (κ3) is 3.70. The third-order valence-electron chi connectivity index (χ3n) is 2.74. The zero-order chi connectivity index (χ0) is 16.2. The molecule has 0 heterocycles. The molecule has 9 heteroatoms. The average Bonchev–Trinajstić information content (AvgIpc) is 2.45. The highest BCUT2D eigenvalue weighted by atomic mass is 32.2. The van der Waals surface area contributed by atoms with E-state index in [1.54, 1.807) is 0 Å². The number of rotatable bonds is 5. The summed E-state index contributed by atoms with van der Waals surface area (Å²) in [6.07, 6.45) is 0. The summed E-state index contributed by atoms with van der Waals surface area (Å²) in [7, 11) is -0.296. The summed E-state index contributed by atoms with van der Waals surface area (Å²) < 4.78 is 30.3. The molecule has 0 bridgehead atoms. The minimum atomic E-state index is -4.06. The summed E-state index contributed by atoms with van der Waals surface area (Å²) in [6, 6.07) is 3.81. The lowest BCUT2D eigenvalue weighted by Crippen LogP contribution is -2.37. The highest BCUT2D eigenvalue weighted by Crippen LogP contribution is 2.23. The number of ether oxygens (including phenoxy) is 1. The second-order valence-corrected chi connectivity index (χ2v) is 6.19. The van der Waals surface area contributed by atoms with Crippen LogP contribution in [0.3, 0.4) is 0 Å². The molecule has 1 rings (SSSR count). The molecule has 116 valence electrons. The van der Waals surface area contributed by atoms with Gasteiger partial charge in [-0.15, -0.1) is 0 Å². The lowest BCUT2D eigenvalue weighted by atomic mass is 10.2. The van der Waals surface area contributed by atoms with E-state index in [0.29, 0.717) is 0 Å². The van der Waals surface area contributed by atoms with Crippen LogP contribution in [0.2, 0.25) is 0 Å². The molecule has 8 nitrogen and oxygen atoms in total. The van der Waals surface area contributed by atoms with Crippen molar-refractivity contribution >= 4 is 27.6 Å². The molecule has 0 spiro atoms. The number of nitrogens with two attached hydrogens (primary N) is 1. The second kappa shape index (κ2) is 6.55. The van der Waals surface area contributed by atoms with Gasteiger partial charge in [0.05, 0.1) is 24.1 Å². The number of carbonyl (C=O) groups is 2. The number of amides is 1. The third-order valence-corrected chi connectivity index (χ3v) is 4.59. The van der Waals surface area contributed by atoms with Crippen LogP contribution in [0.5, 0.6) is 0 Å². The van der Waals surface area contributed by atoms with Gasteiger partial charge in [0.15, 0.2) is 0 Å². The Labute approximate surface area is 122 Å². The van der Waals surface area contributed by atoms with Gasteiger partial charge in [-0.1, -0.05) is 0 Å². The van der Waals surface area contributed by atoms with Gasteiger partial charge >= 0.3 is 5.97 Å². The second-order valence-electron chi connectivity index (χ2n) is 4.18. The molecule has 0 unspecified atom stereocenters. The molecule has 0 radical (unpaired) electrons. The Hall–Kier alpha value is -2.13. The molecule has 0 aliphatic rings. The number of methoxy groups -OCH3 is 1. The molecule has 1 amide bonds. The first kappa shape index (κ1) is 16.9. The number of benzene rings is 1. The van der Waals surface area contributed by atoms with E-state index in [1.165, 1.54) is 26.2 Å². The van der Waals surface area contributed by atoms with E-state index < -0.39 is 21.9 Å². The number of hydrogen-bond acceptors (Lipinski definition) is 6. The van der Waals surface area contributed by atoms with Crippen LogP contribution in [0.4, 0.5) is 5.69 Å². The van der Waals surface area contributed by atoms with Crippen molar-refractivity contribution in [2.24, 2.45) is 0 Å². The molecule has 21 heavy (non-hydrogen) atoms. The van der Waals surface area contributed by atoms with E-state index in [-0.39, 0.29) is 22.7 Å². The summed E-state index contributed by atoms with van der Waals surface area (Å²) in [5.74, 6) is -1.29. The van der Waals surface area contributed by atoms with Crippen LogP contribution in [0.1, 0.15) is 10.4 Å². The lowest BCUT2D eigenvalue weighted by molar-refractivity contribution is -0.120. The highest BCUT2D eigenvalue weighted by Gasteiger charge is 2.28. The van der Waals surface area contributed by atoms with Gasteiger partial charge in [-0.3, -0.25) is 4.79 Å². The number of anilines is 1. The van der Waals surface area contributed by atoms with Crippen LogP contribution >= 0.6 is 0 Å². The molecule has 0 fully saturated rings. The zero-order valence-corrected chi connectivity index (χ0v) is 12.7. The lowest BCUT2D eigenvalue weighted by Gasteiger charge is -2.18. The molecule has 0 saturated heterocycles. The molecule has 0 atom stereocenters. The summed E-state index contributed by atoms with van der Waals surface area (Å²) in [5.41, 5.74) is 5.61. The predicted octanol–water partition coefficient (Wildman–Crippen LogP) is -0.578. The van der Waals surface area contributed by atoms with Gasteiger partial charge in [0.2, 0.25) is 15.9 Å². The van der Waals surface area contributed by atoms with Gasteiger partial charge in [-0.05, 0) is 18.2 Å². The van der Waals surface area contributed by atoms with Crippen molar-refractivity contribution in [3.63, 3.8) is 0 Å². The number of hydrogen-bond donors (Lipinski definition) is 2. The minimum absolute atomic E-state index is 0.143. The van der Waals surface area contributed by atoms with Crippen molar-refractivity contribution in [1.82, 2.24) is 9.62 Å². The van der Waals surface area contributed by atoms with Crippen molar-refractivity contribution < 1.29 is 22.7 Å². The molecular formula is C12H17N3O5S. The first-order valence-electron chi connectivity index (χ1n) is 5.88. The normalized spacial score (nSPS) is 11.2. The molecule has 0 aromatic heterocycles. The highest BCUT2D eigenvalue weighted by molar-refractivity contribution is 7.89. The van der Waals surface area contributed by atoms with Crippen LogP contribution < -0.4 is 11.1 Å². The smallest absolute Gasteiger partial charge is 0.339 e. The Bertz CT molecular complexity index is 657. The van der Waals surface area contributed by atoms with Crippen molar-refractivity contribution in [3.05, 3.63) is 23.8 Å². The predicted molar refractivity (Wildman–Crippen MR) is 76.1 cm³/mol. The van der Waals surface area contributed by atoms with Crippen LogP contribution in [-0.2, 0) is 19.6 Å². The van der Waals surface area contributed by atoms with Crippen molar-refractivity contribution in [2.75, 3.05) is 33.5 Å². The number of sulfonamides is 1. The first-order valence-corrected chi connectivity index (χ1v) is 7.32. The average molecular weight is 315 g/mol. The summed E-state index contributed by atoms with van der Waals surface area (Å²) >= 11 is 0. The summed E-state index contributed by atoms with van der Waals surface area (Å²) in [5, 5.41) is 2.32. The van der Waals surface area contributed by atoms with Gasteiger partial charge in [-0.25, -0.2) is 13.2 Å². The molecule has 3 N–H and O–H groups in total. The number of nitrogens with one attached hydrogen (secondary N) is 1. The topological polar surface area (TPSA) is 119 Å². The first-order chi connectivity index (χ1) is 9.73. The van der Waals surface area contributed by atoms with E-state index in [4.69, 9.17) is 5.73 Å². The fraction of sp³-hybridized carbons (Fsp3) is 0.333. The van der Waals surface area contributed by atoms with Crippen molar-refractivity contribution in [3.8, 4) is 0 Å². The Kier molecular flexibility index (Phi) is 5.28. The van der Waals surface area contributed by atoms with Crippen LogP contribution in [0, 0.1) is 0 Å². The number of nitrogen functional groups attached to an aromatic ring is 1. The Morgan fingerprint density at radius 3 is 2.52 bits per heavy atom. The molecule has 0 aliphatic carbocycles. The zero-order valence-electron chi connectivity index (χ0n) is 11.9. The van der Waals surface area contributed by atoms with Crippen molar-refractivity contribution in [1.29, 1.82) is 0 Å². The fourth-order valence-corrected chi connectivity index (χ4v) is 2.90. The van der Waals surface area contributed by atoms with Crippen LogP contribution in [0.15, 0.2) is 23.1 Å². The van der Waals surface area contributed by atoms with Gasteiger partial charge in [0.25, 0.3) is 0 Å². The maximum absolute atomic E-state index is 12.5. The Morgan fingerprint density at radius 2 is 2.00 bits per heavy atom. The van der Waals surface area contributed by atoms with E-state index in [1.807, 2.05) is 0 Å². The van der Waals surface area contributed by atoms with Crippen LogP contribution in [-0.4, -0.2) is 52.3 Å². The van der Waals surface area contributed by atoms with Gasteiger partial charge in [0.1, 0.15) is 0 Å². The maximum atomic E-state index is 12.5. The quantitative estimate of drug-likeness (QED) is 0.554. The number of carbonyl (C=O) groups excluding carboxylic acids is 2. The fourth-order valence-electron chi connectivity index (χ4n) is 1.57. The molecule has 0 saturated carbocycles. The Balaban J connectivity index is 3.33. The summed E-state index contributed by atoms with van der Waals surface area (Å²) in [4.78, 5) is 22.7. The molecule has 0 aliphatic heterocycles. The van der Waals surface area contributed by atoms with E-state index in [9.17, 15) is 18.0 Å². The monoisotopic (exact) mass is 315 g/mol.